The normalized spacial score (nSPS) is 14.0. The molecular formula is C29H38N6O6S. The summed E-state index contributed by atoms with van der Waals surface area (Å²) in [5.74, 6) is -3.05. The molecule has 1 aromatic heterocycles. The van der Waals surface area contributed by atoms with Crippen molar-refractivity contribution in [2.75, 3.05) is 12.3 Å². The molecule has 1 heterocycles. The van der Waals surface area contributed by atoms with Crippen LogP contribution >= 0.6 is 12.6 Å². The number of amides is 3. The number of aromatic amines is 1. The largest absolute Gasteiger partial charge is 0.508 e. The van der Waals surface area contributed by atoms with Crippen LogP contribution in [0.2, 0.25) is 0 Å². The van der Waals surface area contributed by atoms with Gasteiger partial charge < -0.3 is 42.6 Å². The summed E-state index contributed by atoms with van der Waals surface area (Å²) in [7, 11) is 0. The van der Waals surface area contributed by atoms with Crippen molar-refractivity contribution < 1.29 is 29.4 Å². The number of phenols is 1. The highest BCUT2D eigenvalue weighted by atomic mass is 32.1. The molecule has 3 aromatic rings. The predicted octanol–water partition coefficient (Wildman–Crippen LogP) is 0.584. The zero-order chi connectivity index (χ0) is 30.6. The Morgan fingerprint density at radius 3 is 2.17 bits per heavy atom. The minimum atomic E-state index is -1.29. The Balaban J connectivity index is 1.81. The molecule has 3 amide bonds. The van der Waals surface area contributed by atoms with Crippen LogP contribution in [0, 0.1) is 0 Å². The lowest BCUT2D eigenvalue weighted by Gasteiger charge is -2.25. The van der Waals surface area contributed by atoms with Crippen LogP contribution in [-0.4, -0.2) is 75.4 Å². The number of rotatable bonds is 16. The van der Waals surface area contributed by atoms with Gasteiger partial charge in [-0.1, -0.05) is 30.3 Å². The highest BCUT2D eigenvalue weighted by Gasteiger charge is 2.30. The summed E-state index contributed by atoms with van der Waals surface area (Å²) in [5, 5.41) is 28.1. The van der Waals surface area contributed by atoms with Crippen LogP contribution in [0.3, 0.4) is 0 Å². The molecule has 0 saturated heterocycles. The second-order valence-electron chi connectivity index (χ2n) is 10.0. The van der Waals surface area contributed by atoms with E-state index in [1.54, 1.807) is 18.3 Å². The van der Waals surface area contributed by atoms with Gasteiger partial charge in [-0.25, -0.2) is 4.79 Å². The molecule has 0 aliphatic carbocycles. The third kappa shape index (κ3) is 9.23. The quantitative estimate of drug-likeness (QED) is 0.0838. The fraction of sp³-hybridized carbons (Fsp3) is 0.379. The van der Waals surface area contributed by atoms with Crippen molar-refractivity contribution >= 4 is 47.2 Å². The van der Waals surface area contributed by atoms with Crippen LogP contribution in [0.5, 0.6) is 5.75 Å². The van der Waals surface area contributed by atoms with E-state index in [1.165, 1.54) is 12.1 Å². The number of hydrogen-bond acceptors (Lipinski definition) is 8. The van der Waals surface area contributed by atoms with Crippen LogP contribution in [0.15, 0.2) is 54.7 Å². The number of unbranched alkanes of at least 4 members (excludes halogenated alkanes) is 1. The summed E-state index contributed by atoms with van der Waals surface area (Å²) in [5.41, 5.74) is 13.7. The summed E-state index contributed by atoms with van der Waals surface area (Å²) in [6, 6.07) is 9.07. The number of para-hydroxylation sites is 1. The first-order chi connectivity index (χ1) is 20.1. The number of H-pyrrole nitrogens is 1. The predicted molar refractivity (Wildman–Crippen MR) is 162 cm³/mol. The van der Waals surface area contributed by atoms with E-state index in [0.29, 0.717) is 24.9 Å². The van der Waals surface area contributed by atoms with Gasteiger partial charge in [0.15, 0.2) is 0 Å². The number of phenolic OH excluding ortho intramolecular Hbond substituents is 1. The summed E-state index contributed by atoms with van der Waals surface area (Å²) in [6.45, 7) is 0.377. The highest BCUT2D eigenvalue weighted by Crippen LogP contribution is 2.19. The Kier molecular flexibility index (Phi) is 12.2. The lowest BCUT2D eigenvalue weighted by atomic mass is 10.0. The smallest absolute Gasteiger partial charge is 0.326 e. The van der Waals surface area contributed by atoms with E-state index < -0.39 is 47.9 Å². The summed E-state index contributed by atoms with van der Waals surface area (Å²) < 4.78 is 0. The third-order valence-corrected chi connectivity index (χ3v) is 7.23. The molecular weight excluding hydrogens is 560 g/mol. The minimum Gasteiger partial charge on any atom is -0.508 e. The van der Waals surface area contributed by atoms with Crippen LogP contribution in [0.1, 0.15) is 30.4 Å². The molecule has 0 aliphatic rings. The second-order valence-corrected chi connectivity index (χ2v) is 10.4. The van der Waals surface area contributed by atoms with Crippen molar-refractivity contribution in [3.8, 4) is 5.75 Å². The fourth-order valence-corrected chi connectivity index (χ4v) is 4.63. The van der Waals surface area contributed by atoms with E-state index >= 15 is 0 Å². The SMILES string of the molecule is NCCCCC(NC(=O)C(Cc1c[nH]c2ccccc12)NC(=O)C(N)CS)C(=O)NC(Cc1ccc(O)cc1)C(=O)O. The molecule has 0 saturated carbocycles. The van der Waals surface area contributed by atoms with Gasteiger partial charge in [-0.3, -0.25) is 14.4 Å². The Morgan fingerprint density at radius 2 is 1.50 bits per heavy atom. The number of aliphatic carboxylic acids is 1. The van der Waals surface area contributed by atoms with Crippen molar-refractivity contribution in [2.24, 2.45) is 11.5 Å². The van der Waals surface area contributed by atoms with Crippen LogP contribution in [0.25, 0.3) is 10.9 Å². The topological polar surface area (TPSA) is 213 Å². The van der Waals surface area contributed by atoms with Crippen LogP contribution in [-0.2, 0) is 32.0 Å². The Hall–Kier alpha value is -4.07. The second kappa shape index (κ2) is 15.8. The van der Waals surface area contributed by atoms with Crippen molar-refractivity contribution in [3.63, 3.8) is 0 Å². The molecule has 10 N–H and O–H groups in total. The summed E-state index contributed by atoms with van der Waals surface area (Å²) in [6.07, 6.45) is 3.10. The molecule has 13 heteroatoms. The number of hydrogen-bond donors (Lipinski definition) is 9. The molecule has 0 aliphatic heterocycles. The van der Waals surface area contributed by atoms with E-state index in [9.17, 15) is 29.4 Å². The molecule has 4 atom stereocenters. The van der Waals surface area contributed by atoms with Crippen molar-refractivity contribution in [1.82, 2.24) is 20.9 Å². The Bertz CT molecular complexity index is 1360. The fourth-order valence-electron chi connectivity index (χ4n) is 4.47. The number of aromatic nitrogens is 1. The Labute approximate surface area is 249 Å². The molecule has 4 unspecified atom stereocenters. The number of nitrogens with two attached hydrogens (primary N) is 2. The first kappa shape index (κ1) is 32.4. The molecule has 0 radical (unpaired) electrons. The van der Waals surface area contributed by atoms with Crippen LogP contribution < -0.4 is 27.4 Å². The summed E-state index contributed by atoms with van der Waals surface area (Å²) in [4.78, 5) is 54.7. The average Bonchev–Trinajstić information content (AvgIpc) is 3.39. The van der Waals surface area contributed by atoms with E-state index in [2.05, 4.69) is 33.6 Å². The first-order valence-corrected chi connectivity index (χ1v) is 14.3. The number of carbonyl (C=O) groups excluding carboxylic acids is 3. The average molecular weight is 599 g/mol. The maximum Gasteiger partial charge on any atom is 0.326 e. The molecule has 0 bridgehead atoms. The van der Waals surface area contributed by atoms with Crippen molar-refractivity contribution in [1.29, 1.82) is 0 Å². The summed E-state index contributed by atoms with van der Waals surface area (Å²) >= 11 is 4.07. The number of thiol groups is 1. The maximum absolute atomic E-state index is 13.6. The van der Waals surface area contributed by atoms with Gasteiger partial charge in [0, 0.05) is 35.7 Å². The highest BCUT2D eigenvalue weighted by molar-refractivity contribution is 7.80. The molecule has 226 valence electrons. The number of nitrogens with one attached hydrogen (secondary N) is 4. The molecule has 2 aromatic carbocycles. The maximum atomic E-state index is 13.6. The number of carboxylic acids is 1. The van der Waals surface area contributed by atoms with Gasteiger partial charge in [0.1, 0.15) is 23.9 Å². The van der Waals surface area contributed by atoms with E-state index in [1.807, 2.05) is 24.3 Å². The Morgan fingerprint density at radius 1 is 0.857 bits per heavy atom. The number of fused-ring (bicyclic) bond motifs is 1. The van der Waals surface area contributed by atoms with E-state index in [4.69, 9.17) is 11.5 Å². The van der Waals surface area contributed by atoms with Crippen molar-refractivity contribution in [2.45, 2.75) is 56.3 Å². The molecule has 42 heavy (non-hydrogen) atoms. The molecule has 12 nitrogen and oxygen atoms in total. The first-order valence-electron chi connectivity index (χ1n) is 13.7. The van der Waals surface area contributed by atoms with Crippen LogP contribution in [0.4, 0.5) is 0 Å². The van der Waals surface area contributed by atoms with Gasteiger partial charge in [-0.05, 0) is 55.1 Å². The van der Waals surface area contributed by atoms with Gasteiger partial charge in [-0.2, -0.15) is 12.6 Å². The number of carbonyl (C=O) groups is 4. The molecule has 3 rings (SSSR count). The number of benzene rings is 2. The monoisotopic (exact) mass is 598 g/mol. The van der Waals surface area contributed by atoms with Gasteiger partial charge in [0.25, 0.3) is 0 Å². The number of carboxylic acid groups (broad SMARTS) is 1. The lowest BCUT2D eigenvalue weighted by Crippen LogP contribution is -2.58. The molecule has 0 fully saturated rings. The minimum absolute atomic E-state index is 0.0296. The van der Waals surface area contributed by atoms with Gasteiger partial charge in [0.05, 0.1) is 6.04 Å². The number of aromatic hydroxyl groups is 1. The lowest BCUT2D eigenvalue weighted by molar-refractivity contribution is -0.142. The van der Waals surface area contributed by atoms with E-state index in [-0.39, 0.29) is 30.8 Å². The third-order valence-electron chi connectivity index (χ3n) is 6.84. The standard InChI is InChI=1S/C29H38N6O6S/c30-12-4-3-7-23(27(38)35-25(29(40)41)13-17-8-10-19(36)11-9-17)33-28(39)24(34-26(37)21(31)16-42)14-18-15-32-22-6-2-1-5-20(18)22/h1-2,5-6,8-11,15,21,23-25,32,36,42H,3-4,7,12-14,16,30-31H2,(H,33,39)(H,34,37)(H,35,38)(H,40,41). The van der Waals surface area contributed by atoms with Gasteiger partial charge >= 0.3 is 5.97 Å². The molecule has 0 spiro atoms. The zero-order valence-corrected chi connectivity index (χ0v) is 24.0. The van der Waals surface area contributed by atoms with Gasteiger partial charge in [0.2, 0.25) is 17.7 Å². The van der Waals surface area contributed by atoms with Gasteiger partial charge in [-0.15, -0.1) is 0 Å². The van der Waals surface area contributed by atoms with E-state index in [0.717, 1.165) is 16.5 Å². The zero-order valence-electron chi connectivity index (χ0n) is 23.1. The van der Waals surface area contributed by atoms with Crippen molar-refractivity contribution in [3.05, 3.63) is 65.9 Å².